The molecule has 5 atom stereocenters. The van der Waals surface area contributed by atoms with E-state index in [9.17, 15) is 4.79 Å². The van der Waals surface area contributed by atoms with E-state index in [2.05, 4.69) is 20.8 Å². The van der Waals surface area contributed by atoms with E-state index in [0.29, 0.717) is 23.7 Å². The average Bonchev–Trinajstić information content (AvgIpc) is 2.92. The summed E-state index contributed by atoms with van der Waals surface area (Å²) < 4.78 is 12.6. The van der Waals surface area contributed by atoms with Crippen molar-refractivity contribution in [2.24, 2.45) is 17.3 Å². The molecule has 3 aliphatic carbocycles. The number of rotatable bonds is 4. The highest BCUT2D eigenvalue weighted by Gasteiger charge is 2.68. The van der Waals surface area contributed by atoms with Crippen LogP contribution in [0.5, 0.6) is 0 Å². The fourth-order valence-electron chi connectivity index (χ4n) is 5.21. The Morgan fingerprint density at radius 2 is 2.16 bits per heavy atom. The third-order valence-corrected chi connectivity index (χ3v) is 7.23. The first-order chi connectivity index (χ1) is 11.7. The first kappa shape index (κ1) is 17.4. The average molecular weight is 363 g/mol. The molecule has 3 saturated carbocycles. The Bertz CT molecular complexity index is 708. The van der Waals surface area contributed by atoms with Crippen LogP contribution in [0.3, 0.4) is 0 Å². The van der Waals surface area contributed by atoms with Gasteiger partial charge in [-0.2, -0.15) is 0 Å². The Labute approximate surface area is 154 Å². The van der Waals surface area contributed by atoms with Crippen molar-refractivity contribution >= 4 is 24.7 Å². The second-order valence-electron chi connectivity index (χ2n) is 8.56. The first-order valence-corrected chi connectivity index (χ1v) is 9.45. The van der Waals surface area contributed by atoms with Gasteiger partial charge in [0.2, 0.25) is 0 Å². The monoisotopic (exact) mass is 362 g/mol. The maximum Gasteiger partial charge on any atom is 0.477 e. The van der Waals surface area contributed by atoms with E-state index < -0.39 is 13.1 Å². The number of carbonyl (C=O) groups is 1. The van der Waals surface area contributed by atoms with E-state index in [1.54, 1.807) is 18.2 Å². The van der Waals surface area contributed by atoms with Crippen LogP contribution < -0.4 is 0 Å². The number of carboxylic acid groups (broad SMARTS) is 1. The van der Waals surface area contributed by atoms with Gasteiger partial charge in [-0.25, -0.2) is 4.79 Å². The Kier molecular flexibility index (Phi) is 3.99. The van der Waals surface area contributed by atoms with E-state index in [-0.39, 0.29) is 22.5 Å². The molecule has 4 fully saturated rings. The molecule has 1 aliphatic heterocycles. The van der Waals surface area contributed by atoms with Crippen molar-refractivity contribution in [1.29, 1.82) is 0 Å². The molecule has 0 aromatic heterocycles. The Morgan fingerprint density at radius 1 is 1.40 bits per heavy atom. The molecule has 1 saturated heterocycles. The van der Waals surface area contributed by atoms with Crippen LogP contribution in [0.25, 0.3) is 0 Å². The van der Waals surface area contributed by atoms with Gasteiger partial charge in [0.1, 0.15) is 0 Å². The lowest BCUT2D eigenvalue weighted by molar-refractivity contribution is -0.199. The molecule has 1 unspecified atom stereocenters. The van der Waals surface area contributed by atoms with Crippen LogP contribution >= 0.6 is 11.6 Å². The molecule has 134 valence electrons. The maximum atomic E-state index is 11.1. The Hall–Kier alpha value is -1.04. The number of hydrogen-bond acceptors (Lipinski definition) is 3. The highest BCUT2D eigenvalue weighted by Crippen LogP contribution is 2.65. The van der Waals surface area contributed by atoms with Crippen LogP contribution in [-0.4, -0.2) is 35.2 Å². The molecule has 5 rings (SSSR count). The fraction of sp³-hybridized carbons (Fsp3) is 0.632. The molecule has 25 heavy (non-hydrogen) atoms. The lowest BCUT2D eigenvalue weighted by Crippen LogP contribution is -2.65. The zero-order valence-electron chi connectivity index (χ0n) is 14.9. The standard InChI is InChI=1S/C19H24BClO4/c1-18(2)13-9-14(18)19(3)15(10-13)24-20(25-19)16(21)8-11-5-4-6-12(7-11)17(22)23/h4-7,13-16H,8-10H2,1-3H3,(H,22,23)/t13-,14-,15+,16?,19-/m0/s1. The van der Waals surface area contributed by atoms with Crippen molar-refractivity contribution in [2.75, 3.05) is 0 Å². The van der Waals surface area contributed by atoms with Crippen molar-refractivity contribution in [1.82, 2.24) is 0 Å². The summed E-state index contributed by atoms with van der Waals surface area (Å²) in [5.74, 6) is 0.286. The van der Waals surface area contributed by atoms with E-state index >= 15 is 0 Å². The molecular weight excluding hydrogens is 338 g/mol. The van der Waals surface area contributed by atoms with Crippen LogP contribution in [0, 0.1) is 17.3 Å². The molecule has 1 aromatic carbocycles. The van der Waals surface area contributed by atoms with Gasteiger partial charge in [-0.05, 0) is 61.1 Å². The summed E-state index contributed by atoms with van der Waals surface area (Å²) in [6.45, 7) is 6.84. The largest absolute Gasteiger partial charge is 0.478 e. The molecule has 1 heterocycles. The topological polar surface area (TPSA) is 55.8 Å². The van der Waals surface area contributed by atoms with E-state index in [1.165, 1.54) is 6.42 Å². The summed E-state index contributed by atoms with van der Waals surface area (Å²) in [5, 5.41) is 8.79. The van der Waals surface area contributed by atoms with Gasteiger partial charge in [-0.1, -0.05) is 26.0 Å². The summed E-state index contributed by atoms with van der Waals surface area (Å²) in [7, 11) is -0.444. The normalized spacial score (nSPS) is 36.5. The first-order valence-electron chi connectivity index (χ1n) is 9.01. The van der Waals surface area contributed by atoms with E-state index in [1.807, 2.05) is 6.07 Å². The van der Waals surface area contributed by atoms with Crippen LogP contribution in [0.2, 0.25) is 0 Å². The van der Waals surface area contributed by atoms with E-state index in [0.717, 1.165) is 12.0 Å². The molecule has 0 radical (unpaired) electrons. The second kappa shape index (κ2) is 5.73. The van der Waals surface area contributed by atoms with Crippen molar-refractivity contribution in [3.05, 3.63) is 35.4 Å². The van der Waals surface area contributed by atoms with Crippen molar-refractivity contribution in [2.45, 2.75) is 57.0 Å². The highest BCUT2D eigenvalue weighted by atomic mass is 35.5. The summed E-state index contributed by atoms with van der Waals surface area (Å²) >= 11 is 6.62. The Morgan fingerprint density at radius 3 is 2.84 bits per heavy atom. The Balaban J connectivity index is 1.47. The maximum absolute atomic E-state index is 11.1. The van der Waals surface area contributed by atoms with Gasteiger partial charge in [0.05, 0.1) is 22.5 Å². The van der Waals surface area contributed by atoms with Gasteiger partial charge in [0.15, 0.2) is 0 Å². The minimum absolute atomic E-state index is 0.112. The summed E-state index contributed by atoms with van der Waals surface area (Å²) in [6, 6.07) is 6.90. The van der Waals surface area contributed by atoms with Crippen LogP contribution in [-0.2, 0) is 15.7 Å². The van der Waals surface area contributed by atoms with Gasteiger partial charge >= 0.3 is 13.1 Å². The van der Waals surface area contributed by atoms with Gasteiger partial charge in [0.25, 0.3) is 0 Å². The predicted molar refractivity (Wildman–Crippen MR) is 96.9 cm³/mol. The van der Waals surface area contributed by atoms with Crippen molar-refractivity contribution in [3.63, 3.8) is 0 Å². The smallest absolute Gasteiger partial charge is 0.477 e. The third kappa shape index (κ3) is 2.63. The molecule has 4 nitrogen and oxygen atoms in total. The molecular formula is C19H24BClO4. The molecule has 2 bridgehead atoms. The summed E-state index contributed by atoms with van der Waals surface area (Å²) in [4.78, 5) is 11.1. The zero-order valence-corrected chi connectivity index (χ0v) is 15.6. The number of benzene rings is 1. The highest BCUT2D eigenvalue weighted by molar-refractivity contribution is 6.60. The predicted octanol–water partition coefficient (Wildman–Crippen LogP) is 3.80. The van der Waals surface area contributed by atoms with Crippen LogP contribution in [0.4, 0.5) is 0 Å². The summed E-state index contributed by atoms with van der Waals surface area (Å²) in [5.41, 5.74) is 1.20. The third-order valence-electron chi connectivity index (χ3n) is 6.87. The second-order valence-corrected chi connectivity index (χ2v) is 9.12. The lowest BCUT2D eigenvalue weighted by atomic mass is 9.43. The number of hydrogen-bond donors (Lipinski definition) is 1. The minimum atomic E-state index is -0.929. The number of aromatic carboxylic acids is 1. The lowest BCUT2D eigenvalue weighted by Gasteiger charge is -2.64. The van der Waals surface area contributed by atoms with Crippen molar-refractivity contribution < 1.29 is 19.2 Å². The molecule has 0 amide bonds. The molecule has 1 aromatic rings. The van der Waals surface area contributed by atoms with Gasteiger partial charge in [0, 0.05) is 0 Å². The molecule has 6 heteroatoms. The number of carboxylic acids is 1. The number of alkyl halides is 1. The number of halogens is 1. The van der Waals surface area contributed by atoms with Gasteiger partial charge < -0.3 is 14.4 Å². The van der Waals surface area contributed by atoms with Crippen LogP contribution in [0.1, 0.15) is 49.5 Å². The van der Waals surface area contributed by atoms with Gasteiger partial charge in [-0.15, -0.1) is 11.6 Å². The SMILES string of the molecule is CC1(C)[C@@H]2C[C@H]3OB(C(Cl)Cc4cccc(C(=O)O)c4)O[C@@]3(C)[C@H]1C2. The van der Waals surface area contributed by atoms with Gasteiger partial charge in [-0.3, -0.25) is 0 Å². The fourth-order valence-corrected chi connectivity index (χ4v) is 5.49. The van der Waals surface area contributed by atoms with Crippen LogP contribution in [0.15, 0.2) is 24.3 Å². The quantitative estimate of drug-likeness (QED) is 0.654. The minimum Gasteiger partial charge on any atom is -0.478 e. The summed E-state index contributed by atoms with van der Waals surface area (Å²) in [6.07, 6.45) is 2.88. The molecule has 0 spiro atoms. The van der Waals surface area contributed by atoms with E-state index in [4.69, 9.17) is 26.0 Å². The zero-order chi connectivity index (χ0) is 18.0. The molecule has 4 aliphatic rings. The van der Waals surface area contributed by atoms with Crippen molar-refractivity contribution in [3.8, 4) is 0 Å². The molecule has 1 N–H and O–H groups in total.